The molecule has 0 saturated heterocycles. The molecule has 0 heterocycles. The van der Waals surface area contributed by atoms with Gasteiger partial charge in [-0.1, -0.05) is 12.1 Å². The summed E-state index contributed by atoms with van der Waals surface area (Å²) in [6.45, 7) is 0.410. The molecule has 1 aromatic carbocycles. The van der Waals surface area contributed by atoms with Crippen LogP contribution < -0.4 is 5.73 Å². The van der Waals surface area contributed by atoms with Crippen LogP contribution in [0.3, 0.4) is 0 Å². The van der Waals surface area contributed by atoms with Crippen molar-refractivity contribution in [3.63, 3.8) is 0 Å². The third-order valence-corrected chi connectivity index (χ3v) is 1.84. The summed E-state index contributed by atoms with van der Waals surface area (Å²) < 4.78 is 18.1. The molecule has 0 spiro atoms. The number of halogens is 1. The Morgan fingerprint density at radius 1 is 1.50 bits per heavy atom. The first-order valence-corrected chi connectivity index (χ1v) is 4.46. The summed E-state index contributed by atoms with van der Waals surface area (Å²) in [6, 6.07) is 6.10. The molecule has 0 saturated carbocycles. The molecule has 0 aliphatic heterocycles. The fourth-order valence-corrected chi connectivity index (χ4v) is 1.20. The summed E-state index contributed by atoms with van der Waals surface area (Å²) in [5, 5.41) is 8.57. The van der Waals surface area contributed by atoms with Crippen LogP contribution in [0.5, 0.6) is 0 Å². The van der Waals surface area contributed by atoms with Crippen LogP contribution in [-0.2, 0) is 4.74 Å². The van der Waals surface area contributed by atoms with Crippen molar-refractivity contribution in [2.24, 2.45) is 5.73 Å². The smallest absolute Gasteiger partial charge is 0.123 e. The molecule has 14 heavy (non-hydrogen) atoms. The van der Waals surface area contributed by atoms with Gasteiger partial charge in [-0.15, -0.1) is 0 Å². The van der Waals surface area contributed by atoms with Crippen molar-refractivity contribution in [2.75, 3.05) is 19.8 Å². The minimum absolute atomic E-state index is 0.0637. The van der Waals surface area contributed by atoms with Crippen LogP contribution in [0.1, 0.15) is 11.7 Å². The van der Waals surface area contributed by atoms with Crippen molar-refractivity contribution in [1.29, 1.82) is 0 Å². The van der Waals surface area contributed by atoms with Crippen molar-refractivity contribution < 1.29 is 14.2 Å². The SMILES string of the molecule is NCC(OCCO)c1cccc(F)c1. The fraction of sp³-hybridized carbons (Fsp3) is 0.400. The average molecular weight is 199 g/mol. The first-order valence-electron chi connectivity index (χ1n) is 4.46. The Kier molecular flexibility index (Phi) is 4.52. The van der Waals surface area contributed by atoms with Crippen molar-refractivity contribution in [1.82, 2.24) is 0 Å². The molecule has 0 radical (unpaired) electrons. The normalized spacial score (nSPS) is 12.8. The predicted molar refractivity (Wildman–Crippen MR) is 51.2 cm³/mol. The Balaban J connectivity index is 2.68. The number of hydrogen-bond acceptors (Lipinski definition) is 3. The van der Waals surface area contributed by atoms with Gasteiger partial charge in [0.1, 0.15) is 5.82 Å². The van der Waals surface area contributed by atoms with Gasteiger partial charge in [-0.2, -0.15) is 0 Å². The van der Waals surface area contributed by atoms with Gasteiger partial charge in [-0.25, -0.2) is 4.39 Å². The van der Waals surface area contributed by atoms with Gasteiger partial charge in [0.25, 0.3) is 0 Å². The van der Waals surface area contributed by atoms with E-state index < -0.39 is 0 Å². The van der Waals surface area contributed by atoms with E-state index in [-0.39, 0.29) is 31.7 Å². The topological polar surface area (TPSA) is 55.5 Å². The molecule has 0 amide bonds. The molecule has 0 fully saturated rings. The molecule has 78 valence electrons. The number of ether oxygens (including phenoxy) is 1. The van der Waals surface area contributed by atoms with Crippen LogP contribution in [0.15, 0.2) is 24.3 Å². The van der Waals surface area contributed by atoms with Gasteiger partial charge in [0.05, 0.1) is 19.3 Å². The second-order valence-corrected chi connectivity index (χ2v) is 2.87. The van der Waals surface area contributed by atoms with Crippen molar-refractivity contribution in [3.05, 3.63) is 35.6 Å². The highest BCUT2D eigenvalue weighted by Crippen LogP contribution is 2.16. The molecule has 0 aliphatic carbocycles. The Morgan fingerprint density at radius 3 is 2.86 bits per heavy atom. The summed E-state index contributed by atoms with van der Waals surface area (Å²) in [6.07, 6.45) is -0.349. The van der Waals surface area contributed by atoms with Crippen molar-refractivity contribution in [2.45, 2.75) is 6.10 Å². The molecular weight excluding hydrogens is 185 g/mol. The number of aliphatic hydroxyl groups is 1. The lowest BCUT2D eigenvalue weighted by Crippen LogP contribution is -2.17. The van der Waals surface area contributed by atoms with E-state index in [1.807, 2.05) is 0 Å². The van der Waals surface area contributed by atoms with Crippen LogP contribution in [0, 0.1) is 5.82 Å². The standard InChI is InChI=1S/C10H14FNO2/c11-9-3-1-2-8(6-9)10(7-12)14-5-4-13/h1-3,6,10,13H,4-5,7,12H2. The molecule has 0 aromatic heterocycles. The molecule has 1 aromatic rings. The Hall–Kier alpha value is -0.970. The van der Waals surface area contributed by atoms with Crippen LogP contribution in [0.25, 0.3) is 0 Å². The van der Waals surface area contributed by atoms with Crippen LogP contribution >= 0.6 is 0 Å². The molecule has 3 nitrogen and oxygen atoms in total. The van der Waals surface area contributed by atoms with Crippen LogP contribution in [0.4, 0.5) is 4.39 Å². The molecule has 4 heteroatoms. The van der Waals surface area contributed by atoms with Gasteiger partial charge >= 0.3 is 0 Å². The molecule has 1 rings (SSSR count). The summed E-state index contributed by atoms with van der Waals surface area (Å²) in [5.74, 6) is -0.312. The van der Waals surface area contributed by atoms with Crippen molar-refractivity contribution >= 4 is 0 Å². The summed E-state index contributed by atoms with van der Waals surface area (Å²) in [5.41, 5.74) is 6.16. The van der Waals surface area contributed by atoms with Crippen LogP contribution in [0.2, 0.25) is 0 Å². The van der Waals surface area contributed by atoms with E-state index in [9.17, 15) is 4.39 Å². The van der Waals surface area contributed by atoms with Crippen molar-refractivity contribution in [3.8, 4) is 0 Å². The molecule has 1 unspecified atom stereocenters. The molecule has 1 atom stereocenters. The number of nitrogens with two attached hydrogens (primary N) is 1. The highest BCUT2D eigenvalue weighted by Gasteiger charge is 2.09. The number of hydrogen-bond donors (Lipinski definition) is 2. The third-order valence-electron chi connectivity index (χ3n) is 1.84. The van der Waals surface area contributed by atoms with E-state index in [1.165, 1.54) is 12.1 Å². The zero-order valence-corrected chi connectivity index (χ0v) is 7.82. The highest BCUT2D eigenvalue weighted by molar-refractivity contribution is 5.19. The molecule has 3 N–H and O–H groups in total. The molecule has 0 aliphatic rings. The zero-order valence-electron chi connectivity index (χ0n) is 7.82. The van der Waals surface area contributed by atoms with Gasteiger partial charge in [-0.3, -0.25) is 0 Å². The third kappa shape index (κ3) is 3.06. The van der Waals surface area contributed by atoms with Gasteiger partial charge in [0.15, 0.2) is 0 Å². The zero-order chi connectivity index (χ0) is 10.4. The summed E-state index contributed by atoms with van der Waals surface area (Å²) in [7, 11) is 0. The van der Waals surface area contributed by atoms with E-state index in [4.69, 9.17) is 15.6 Å². The minimum atomic E-state index is -0.349. The Bertz CT molecular complexity index is 281. The minimum Gasteiger partial charge on any atom is -0.394 e. The van der Waals surface area contributed by atoms with E-state index in [0.29, 0.717) is 5.56 Å². The molecule has 0 bridgehead atoms. The highest BCUT2D eigenvalue weighted by atomic mass is 19.1. The second-order valence-electron chi connectivity index (χ2n) is 2.87. The summed E-state index contributed by atoms with van der Waals surface area (Å²) in [4.78, 5) is 0. The van der Waals surface area contributed by atoms with Crippen LogP contribution in [-0.4, -0.2) is 24.9 Å². The Morgan fingerprint density at radius 2 is 2.29 bits per heavy atom. The van der Waals surface area contributed by atoms with Gasteiger partial charge in [-0.05, 0) is 17.7 Å². The summed E-state index contributed by atoms with van der Waals surface area (Å²) >= 11 is 0. The van der Waals surface area contributed by atoms with Gasteiger partial charge in [0, 0.05) is 6.54 Å². The Labute approximate surface area is 82.3 Å². The maximum Gasteiger partial charge on any atom is 0.123 e. The first kappa shape index (κ1) is 11.1. The van der Waals surface area contributed by atoms with Gasteiger partial charge in [0.2, 0.25) is 0 Å². The van der Waals surface area contributed by atoms with E-state index >= 15 is 0 Å². The maximum atomic E-state index is 12.8. The largest absolute Gasteiger partial charge is 0.394 e. The fourth-order valence-electron chi connectivity index (χ4n) is 1.20. The second kappa shape index (κ2) is 5.70. The average Bonchev–Trinajstić information content (AvgIpc) is 2.19. The van der Waals surface area contributed by atoms with E-state index in [1.54, 1.807) is 12.1 Å². The maximum absolute atomic E-state index is 12.8. The predicted octanol–water partition coefficient (Wildman–Crippen LogP) is 0.834. The molecular formula is C10H14FNO2. The lowest BCUT2D eigenvalue weighted by molar-refractivity contribution is 0.0327. The van der Waals surface area contributed by atoms with Gasteiger partial charge < -0.3 is 15.6 Å². The monoisotopic (exact) mass is 199 g/mol. The first-order chi connectivity index (χ1) is 6.77. The number of aliphatic hydroxyl groups excluding tert-OH is 1. The number of rotatable bonds is 5. The van der Waals surface area contributed by atoms with E-state index in [0.717, 1.165) is 0 Å². The van der Waals surface area contributed by atoms with E-state index in [2.05, 4.69) is 0 Å². The lowest BCUT2D eigenvalue weighted by Gasteiger charge is -2.15. The number of benzene rings is 1. The quantitative estimate of drug-likeness (QED) is 0.738. The lowest BCUT2D eigenvalue weighted by atomic mass is 10.1.